The van der Waals surface area contributed by atoms with E-state index in [1.54, 1.807) is 60.9 Å². The Morgan fingerprint density at radius 2 is 1.53 bits per heavy atom. The summed E-state index contributed by atoms with van der Waals surface area (Å²) in [4.78, 5) is 20.5. The fourth-order valence-corrected chi connectivity index (χ4v) is 2.69. The van der Waals surface area contributed by atoms with Crippen molar-refractivity contribution in [3.8, 4) is 11.9 Å². The summed E-state index contributed by atoms with van der Waals surface area (Å²) < 4.78 is 5.39. The van der Waals surface area contributed by atoms with Crippen LogP contribution in [0.3, 0.4) is 0 Å². The molecule has 0 saturated heterocycles. The van der Waals surface area contributed by atoms with Crippen LogP contribution < -0.4 is 26.0 Å². The van der Waals surface area contributed by atoms with E-state index < -0.39 is 0 Å². The van der Waals surface area contributed by atoms with Gasteiger partial charge < -0.3 is 20.7 Å². The van der Waals surface area contributed by atoms with Crippen molar-refractivity contribution < 1.29 is 9.53 Å². The molecule has 32 heavy (non-hydrogen) atoms. The number of hydrogen-bond acceptors (Lipinski definition) is 5. The average Bonchev–Trinajstić information content (AvgIpc) is 2.81. The van der Waals surface area contributed by atoms with E-state index >= 15 is 0 Å². The van der Waals surface area contributed by atoms with Gasteiger partial charge in [0.15, 0.2) is 6.19 Å². The Morgan fingerprint density at radius 3 is 2.12 bits per heavy atom. The van der Waals surface area contributed by atoms with Crippen LogP contribution in [0, 0.1) is 11.5 Å². The van der Waals surface area contributed by atoms with Gasteiger partial charge in [-0.1, -0.05) is 12.1 Å². The van der Waals surface area contributed by atoms with Crippen molar-refractivity contribution in [2.24, 2.45) is 4.99 Å². The van der Waals surface area contributed by atoms with Crippen LogP contribution in [0.5, 0.6) is 5.75 Å². The molecule has 9 heteroatoms. The number of nitriles is 1. The van der Waals surface area contributed by atoms with Crippen LogP contribution in [0.25, 0.3) is 0 Å². The Morgan fingerprint density at radius 1 is 0.938 bits per heavy atom. The molecule has 2 aromatic carbocycles. The first kappa shape index (κ1) is 22.1. The number of pyridine rings is 1. The third kappa shape index (κ3) is 7.03. The van der Waals surface area contributed by atoms with Crippen molar-refractivity contribution >= 4 is 29.1 Å². The van der Waals surface area contributed by atoms with Gasteiger partial charge in [0.05, 0.1) is 13.2 Å². The summed E-state index contributed by atoms with van der Waals surface area (Å²) in [5.41, 5.74) is 2.98. The third-order valence-electron chi connectivity index (χ3n) is 4.17. The van der Waals surface area contributed by atoms with Crippen LogP contribution in [-0.4, -0.2) is 23.6 Å². The normalized spacial score (nSPS) is 10.6. The summed E-state index contributed by atoms with van der Waals surface area (Å²) in [7, 11) is 0. The summed E-state index contributed by atoms with van der Waals surface area (Å²) >= 11 is 0. The number of nitrogens with one attached hydrogen (secondary N) is 4. The molecule has 0 atom stereocenters. The van der Waals surface area contributed by atoms with Crippen molar-refractivity contribution in [1.29, 1.82) is 5.26 Å². The lowest BCUT2D eigenvalue weighted by Crippen LogP contribution is -2.26. The summed E-state index contributed by atoms with van der Waals surface area (Å²) in [5, 5.41) is 20.0. The van der Waals surface area contributed by atoms with Crippen LogP contribution in [0.1, 0.15) is 12.5 Å². The fourth-order valence-electron chi connectivity index (χ4n) is 2.69. The van der Waals surface area contributed by atoms with E-state index in [4.69, 9.17) is 10.00 Å². The molecule has 2 amide bonds. The molecule has 0 radical (unpaired) electrons. The van der Waals surface area contributed by atoms with Crippen LogP contribution in [0.2, 0.25) is 0 Å². The van der Waals surface area contributed by atoms with E-state index in [0.717, 1.165) is 17.0 Å². The number of guanidine groups is 1. The first-order valence-corrected chi connectivity index (χ1v) is 9.92. The first-order valence-electron chi connectivity index (χ1n) is 9.92. The molecule has 0 aliphatic carbocycles. The minimum Gasteiger partial charge on any atom is -0.494 e. The minimum atomic E-state index is -0.345. The molecule has 0 bridgehead atoms. The van der Waals surface area contributed by atoms with E-state index in [-0.39, 0.29) is 6.03 Å². The van der Waals surface area contributed by atoms with Crippen LogP contribution in [-0.2, 0) is 6.54 Å². The molecule has 0 unspecified atom stereocenters. The Balaban J connectivity index is 1.53. The summed E-state index contributed by atoms with van der Waals surface area (Å²) in [6.07, 6.45) is 5.15. The summed E-state index contributed by atoms with van der Waals surface area (Å²) in [5.74, 6) is 1.08. The van der Waals surface area contributed by atoms with E-state index in [9.17, 15) is 4.79 Å². The number of carbonyl (C=O) groups is 1. The lowest BCUT2D eigenvalue weighted by atomic mass is 10.2. The molecule has 162 valence electrons. The number of aromatic nitrogens is 1. The third-order valence-corrected chi connectivity index (χ3v) is 4.17. The van der Waals surface area contributed by atoms with E-state index in [0.29, 0.717) is 30.5 Å². The van der Waals surface area contributed by atoms with Crippen molar-refractivity contribution in [3.05, 3.63) is 78.6 Å². The molecule has 4 N–H and O–H groups in total. The summed E-state index contributed by atoms with van der Waals surface area (Å²) in [6.45, 7) is 2.85. The van der Waals surface area contributed by atoms with Gasteiger partial charge in [-0.15, -0.1) is 0 Å². The van der Waals surface area contributed by atoms with Gasteiger partial charge in [0.2, 0.25) is 5.96 Å². The number of benzene rings is 2. The number of rotatable bonds is 7. The zero-order chi connectivity index (χ0) is 22.6. The number of carbonyl (C=O) groups excluding carboxylic acids is 1. The molecule has 9 nitrogen and oxygen atoms in total. The van der Waals surface area contributed by atoms with Crippen molar-refractivity contribution in [1.82, 2.24) is 10.3 Å². The van der Waals surface area contributed by atoms with Crippen molar-refractivity contribution in [3.63, 3.8) is 0 Å². The average molecular weight is 429 g/mol. The molecule has 0 fully saturated rings. The standard InChI is InChI=1S/C23H23N7O2/c1-2-32-21-9-7-19(8-10-21)30-23(31)29-18-5-3-17(4-6-18)15-26-22(27-16-24)28-20-11-13-25-14-12-20/h3-14H,2,15H2,1H3,(H2,29,30,31)(H2,25,26,27,28). The van der Waals surface area contributed by atoms with Crippen molar-refractivity contribution in [2.45, 2.75) is 13.5 Å². The van der Waals surface area contributed by atoms with Crippen LogP contribution >= 0.6 is 0 Å². The number of ether oxygens (including phenoxy) is 1. The molecule has 3 aromatic rings. The zero-order valence-corrected chi connectivity index (χ0v) is 17.5. The highest BCUT2D eigenvalue weighted by Gasteiger charge is 2.04. The summed E-state index contributed by atoms with van der Waals surface area (Å²) in [6, 6.07) is 17.6. The largest absolute Gasteiger partial charge is 0.494 e. The van der Waals surface area contributed by atoms with Gasteiger partial charge in [-0.05, 0) is 61.0 Å². The Hall–Kier alpha value is -4.58. The molecular formula is C23H23N7O2. The van der Waals surface area contributed by atoms with Gasteiger partial charge in [0.25, 0.3) is 0 Å². The van der Waals surface area contributed by atoms with Gasteiger partial charge in [-0.25, -0.2) is 9.79 Å². The maximum Gasteiger partial charge on any atom is 0.323 e. The number of hydrogen-bond donors (Lipinski definition) is 4. The molecule has 0 aliphatic heterocycles. The maximum absolute atomic E-state index is 12.2. The lowest BCUT2D eigenvalue weighted by molar-refractivity contribution is 0.262. The number of anilines is 3. The topological polar surface area (TPSA) is 123 Å². The molecule has 0 spiro atoms. The SMILES string of the molecule is CCOc1ccc(NC(=O)Nc2ccc(CN=C(NC#N)Nc3ccncc3)cc2)cc1. The van der Waals surface area contributed by atoms with Crippen LogP contribution in [0.4, 0.5) is 21.9 Å². The van der Waals surface area contributed by atoms with Crippen LogP contribution in [0.15, 0.2) is 78.0 Å². The first-order chi connectivity index (χ1) is 15.7. The number of amides is 2. The van der Waals surface area contributed by atoms with Gasteiger partial charge >= 0.3 is 6.03 Å². The highest BCUT2D eigenvalue weighted by atomic mass is 16.5. The minimum absolute atomic E-state index is 0.329. The predicted molar refractivity (Wildman–Crippen MR) is 124 cm³/mol. The second-order valence-electron chi connectivity index (χ2n) is 6.50. The maximum atomic E-state index is 12.2. The predicted octanol–water partition coefficient (Wildman–Crippen LogP) is 4.16. The Bertz CT molecular complexity index is 1080. The molecule has 1 aromatic heterocycles. The molecule has 1 heterocycles. The molecule has 0 saturated carbocycles. The lowest BCUT2D eigenvalue weighted by Gasteiger charge is -2.10. The van der Waals surface area contributed by atoms with Crippen molar-refractivity contribution in [2.75, 3.05) is 22.6 Å². The Kier molecular flexibility index (Phi) is 7.99. The van der Waals surface area contributed by atoms with E-state index in [2.05, 4.69) is 31.2 Å². The molecular weight excluding hydrogens is 406 g/mol. The highest BCUT2D eigenvalue weighted by Crippen LogP contribution is 2.16. The van der Waals surface area contributed by atoms with Gasteiger partial charge in [-0.3, -0.25) is 10.3 Å². The van der Waals surface area contributed by atoms with E-state index in [1.165, 1.54) is 0 Å². The van der Waals surface area contributed by atoms with Gasteiger partial charge in [-0.2, -0.15) is 5.26 Å². The smallest absolute Gasteiger partial charge is 0.323 e. The molecule has 0 aliphatic rings. The Labute approximate surface area is 186 Å². The second kappa shape index (κ2) is 11.6. The molecule has 3 rings (SSSR count). The second-order valence-corrected chi connectivity index (χ2v) is 6.50. The van der Waals surface area contributed by atoms with Gasteiger partial charge in [0.1, 0.15) is 5.75 Å². The number of aliphatic imine (C=N–C) groups is 1. The quantitative estimate of drug-likeness (QED) is 0.193. The zero-order valence-electron chi connectivity index (χ0n) is 17.5. The highest BCUT2D eigenvalue weighted by molar-refractivity contribution is 5.99. The van der Waals surface area contributed by atoms with Gasteiger partial charge in [0, 0.05) is 29.5 Å². The number of nitrogens with zero attached hydrogens (tertiary/aromatic N) is 3. The fraction of sp³-hybridized carbons (Fsp3) is 0.130. The number of urea groups is 1. The van der Waals surface area contributed by atoms with E-state index in [1.807, 2.05) is 25.2 Å². The monoisotopic (exact) mass is 429 g/mol.